The fourth-order valence-electron chi connectivity index (χ4n) is 1.00. The quantitative estimate of drug-likeness (QED) is 0.728. The fraction of sp³-hybridized carbons (Fsp3) is 0.400. The van der Waals surface area contributed by atoms with Crippen LogP contribution in [0, 0.1) is 0 Å². The summed E-state index contributed by atoms with van der Waals surface area (Å²) in [5, 5.41) is 1.20. The van der Waals surface area contributed by atoms with Crippen LogP contribution in [0.5, 0.6) is 0 Å². The van der Waals surface area contributed by atoms with Crippen molar-refractivity contribution in [2.24, 2.45) is 0 Å². The van der Waals surface area contributed by atoms with E-state index in [-0.39, 0.29) is 0 Å². The van der Waals surface area contributed by atoms with Crippen molar-refractivity contribution in [2.75, 3.05) is 11.9 Å². The van der Waals surface area contributed by atoms with Gasteiger partial charge in [0, 0.05) is 18.8 Å². The molecule has 1 nitrogen and oxygen atoms in total. The monoisotopic (exact) mass is 217 g/mol. The second-order valence-electron chi connectivity index (χ2n) is 3.30. The first kappa shape index (κ1) is 10.7. The van der Waals surface area contributed by atoms with Crippen LogP contribution < -0.4 is 4.90 Å². The molecule has 3 heteroatoms. The Kier molecular flexibility index (Phi) is 3.46. The summed E-state index contributed by atoms with van der Waals surface area (Å²) < 4.78 is 0. The first-order valence-electron chi connectivity index (χ1n) is 4.20. The van der Waals surface area contributed by atoms with Crippen molar-refractivity contribution >= 4 is 28.9 Å². The van der Waals surface area contributed by atoms with Gasteiger partial charge in [0.15, 0.2) is 0 Å². The summed E-state index contributed by atoms with van der Waals surface area (Å²) in [4.78, 5) is 2.14. The van der Waals surface area contributed by atoms with Gasteiger partial charge in [-0.05, 0) is 32.0 Å². The molecule has 0 spiro atoms. The molecule has 0 aliphatic rings. The summed E-state index contributed by atoms with van der Waals surface area (Å²) >= 11 is 11.7. The summed E-state index contributed by atoms with van der Waals surface area (Å²) in [5.41, 5.74) is 1.09. The zero-order chi connectivity index (χ0) is 10.0. The Labute approximate surface area is 89.3 Å². The van der Waals surface area contributed by atoms with Gasteiger partial charge in [-0.2, -0.15) is 0 Å². The molecule has 0 bridgehead atoms. The molecule has 0 amide bonds. The highest BCUT2D eigenvalue weighted by Crippen LogP contribution is 2.27. The number of anilines is 1. The average Bonchev–Trinajstić information content (AvgIpc) is 2.08. The van der Waals surface area contributed by atoms with Crippen molar-refractivity contribution < 1.29 is 0 Å². The molecule has 0 fully saturated rings. The van der Waals surface area contributed by atoms with Gasteiger partial charge in [0.2, 0.25) is 0 Å². The van der Waals surface area contributed by atoms with E-state index in [1.807, 2.05) is 25.2 Å². The van der Waals surface area contributed by atoms with E-state index < -0.39 is 0 Å². The van der Waals surface area contributed by atoms with Crippen LogP contribution >= 0.6 is 23.2 Å². The molecule has 0 saturated heterocycles. The predicted molar refractivity (Wildman–Crippen MR) is 60.0 cm³/mol. The van der Waals surface area contributed by atoms with Crippen molar-refractivity contribution in [1.82, 2.24) is 0 Å². The minimum Gasteiger partial charge on any atom is -0.372 e. The highest BCUT2D eigenvalue weighted by atomic mass is 35.5. The maximum Gasteiger partial charge on any atom is 0.0612 e. The Hall–Kier alpha value is -0.400. The molecule has 0 aromatic heterocycles. The Morgan fingerprint density at radius 1 is 1.15 bits per heavy atom. The SMILES string of the molecule is CC(C)N(C)c1ccc(Cl)c(Cl)c1. The molecule has 0 unspecified atom stereocenters. The molecule has 0 saturated carbocycles. The highest BCUT2D eigenvalue weighted by Gasteiger charge is 2.06. The van der Waals surface area contributed by atoms with Crippen LogP contribution in [0.2, 0.25) is 10.0 Å². The van der Waals surface area contributed by atoms with Crippen LogP contribution in [0.4, 0.5) is 5.69 Å². The fourth-order valence-corrected chi connectivity index (χ4v) is 1.29. The lowest BCUT2D eigenvalue weighted by atomic mass is 10.2. The molecule has 13 heavy (non-hydrogen) atoms. The summed E-state index contributed by atoms with van der Waals surface area (Å²) in [7, 11) is 2.03. The number of halogens is 2. The van der Waals surface area contributed by atoms with Crippen LogP contribution in [0.1, 0.15) is 13.8 Å². The van der Waals surface area contributed by atoms with E-state index in [1.165, 1.54) is 0 Å². The van der Waals surface area contributed by atoms with E-state index in [2.05, 4.69) is 18.7 Å². The van der Waals surface area contributed by atoms with Crippen LogP contribution in [-0.2, 0) is 0 Å². The lowest BCUT2D eigenvalue weighted by Crippen LogP contribution is -2.25. The third-order valence-electron chi connectivity index (χ3n) is 2.09. The normalized spacial score (nSPS) is 10.6. The molecule has 1 aromatic rings. The molecular formula is C10H13Cl2N. The van der Waals surface area contributed by atoms with Gasteiger partial charge in [-0.25, -0.2) is 0 Å². The zero-order valence-electron chi connectivity index (χ0n) is 8.01. The number of benzene rings is 1. The van der Waals surface area contributed by atoms with Crippen molar-refractivity contribution in [3.63, 3.8) is 0 Å². The van der Waals surface area contributed by atoms with Gasteiger partial charge in [0.25, 0.3) is 0 Å². The second-order valence-corrected chi connectivity index (χ2v) is 4.12. The Morgan fingerprint density at radius 2 is 1.77 bits per heavy atom. The van der Waals surface area contributed by atoms with Gasteiger partial charge >= 0.3 is 0 Å². The molecule has 0 radical (unpaired) electrons. The third kappa shape index (κ3) is 2.52. The Bertz CT molecular complexity index is 297. The summed E-state index contributed by atoms with van der Waals surface area (Å²) in [5.74, 6) is 0. The molecule has 0 heterocycles. The van der Waals surface area contributed by atoms with E-state index in [9.17, 15) is 0 Å². The molecular weight excluding hydrogens is 205 g/mol. The van der Waals surface area contributed by atoms with Crippen molar-refractivity contribution in [3.05, 3.63) is 28.2 Å². The second kappa shape index (κ2) is 4.21. The van der Waals surface area contributed by atoms with Gasteiger partial charge in [-0.1, -0.05) is 23.2 Å². The Balaban J connectivity index is 2.97. The van der Waals surface area contributed by atoms with Gasteiger partial charge in [0.05, 0.1) is 10.0 Å². The maximum atomic E-state index is 5.90. The van der Waals surface area contributed by atoms with Gasteiger partial charge in [-0.3, -0.25) is 0 Å². The zero-order valence-corrected chi connectivity index (χ0v) is 9.52. The van der Waals surface area contributed by atoms with Crippen molar-refractivity contribution in [3.8, 4) is 0 Å². The van der Waals surface area contributed by atoms with Crippen molar-refractivity contribution in [1.29, 1.82) is 0 Å². The lowest BCUT2D eigenvalue weighted by molar-refractivity contribution is 0.755. The summed E-state index contributed by atoms with van der Waals surface area (Å²) in [6.07, 6.45) is 0. The third-order valence-corrected chi connectivity index (χ3v) is 2.82. The number of rotatable bonds is 2. The van der Waals surface area contributed by atoms with Crippen LogP contribution in [0.15, 0.2) is 18.2 Å². The molecule has 1 rings (SSSR count). The van der Waals surface area contributed by atoms with Gasteiger partial charge in [-0.15, -0.1) is 0 Å². The van der Waals surface area contributed by atoms with Crippen LogP contribution in [-0.4, -0.2) is 13.1 Å². The topological polar surface area (TPSA) is 3.24 Å². The van der Waals surface area contributed by atoms with E-state index in [1.54, 1.807) is 0 Å². The van der Waals surface area contributed by atoms with Crippen LogP contribution in [0.25, 0.3) is 0 Å². The largest absolute Gasteiger partial charge is 0.372 e. The summed E-state index contributed by atoms with van der Waals surface area (Å²) in [6, 6.07) is 6.12. The molecule has 0 aliphatic carbocycles. The summed E-state index contributed by atoms with van der Waals surface area (Å²) in [6.45, 7) is 4.25. The van der Waals surface area contributed by atoms with E-state index in [0.717, 1.165) is 5.69 Å². The lowest BCUT2D eigenvalue weighted by Gasteiger charge is -2.23. The van der Waals surface area contributed by atoms with Gasteiger partial charge in [0.1, 0.15) is 0 Å². The highest BCUT2D eigenvalue weighted by molar-refractivity contribution is 6.42. The number of nitrogens with zero attached hydrogens (tertiary/aromatic N) is 1. The minimum atomic E-state index is 0.456. The average molecular weight is 218 g/mol. The Morgan fingerprint density at radius 3 is 2.23 bits per heavy atom. The first-order chi connectivity index (χ1) is 6.02. The molecule has 72 valence electrons. The maximum absolute atomic E-state index is 5.90. The van der Waals surface area contributed by atoms with E-state index in [4.69, 9.17) is 23.2 Å². The van der Waals surface area contributed by atoms with Crippen LogP contribution in [0.3, 0.4) is 0 Å². The van der Waals surface area contributed by atoms with Crippen molar-refractivity contribution in [2.45, 2.75) is 19.9 Å². The van der Waals surface area contributed by atoms with Gasteiger partial charge < -0.3 is 4.90 Å². The minimum absolute atomic E-state index is 0.456. The molecule has 1 aromatic carbocycles. The number of hydrogen-bond acceptors (Lipinski definition) is 1. The molecule has 0 aliphatic heterocycles. The molecule has 0 atom stereocenters. The standard InChI is InChI=1S/C10H13Cl2N/c1-7(2)13(3)8-4-5-9(11)10(12)6-8/h4-7H,1-3H3. The smallest absolute Gasteiger partial charge is 0.0612 e. The predicted octanol–water partition coefficient (Wildman–Crippen LogP) is 3.84. The van der Waals surface area contributed by atoms with E-state index >= 15 is 0 Å². The first-order valence-corrected chi connectivity index (χ1v) is 4.96. The number of hydrogen-bond donors (Lipinski definition) is 0. The van der Waals surface area contributed by atoms with E-state index in [0.29, 0.717) is 16.1 Å². The molecule has 0 N–H and O–H groups in total.